The molecular formula is C36H57N5O7S. The summed E-state index contributed by atoms with van der Waals surface area (Å²) < 4.78 is 26.4. The lowest BCUT2D eigenvalue weighted by atomic mass is 9.75. The second-order valence-electron chi connectivity index (χ2n) is 17.1. The van der Waals surface area contributed by atoms with Crippen LogP contribution in [0.4, 0.5) is 4.79 Å². The standard InChI is InChI=1S/C36H57N5O7S/c1-34(2,3)24-17-18-41(27(24)31(44)38-25(19-22-15-16-22)28(42)30(37)43)32(45)29(36(7,8)9)40-33(46)39-26(35(4,5)6)21-49(47,48)20-23-13-11-10-12-14-23/h10-14,22,24-27,29H,15-21H2,1-9H3,(H2,37,43)(H,38,44)(H2,39,40,46)/t24-,25?,26-,27?,29-/m1/s1. The minimum atomic E-state index is -3.63. The van der Waals surface area contributed by atoms with Gasteiger partial charge in [0.05, 0.1) is 17.5 Å². The van der Waals surface area contributed by atoms with Crippen LogP contribution in [-0.4, -0.2) is 79.3 Å². The highest BCUT2D eigenvalue weighted by Crippen LogP contribution is 2.40. The number of carbonyl (C=O) groups is 5. The molecule has 3 rings (SSSR count). The van der Waals surface area contributed by atoms with Crippen LogP contribution in [0.2, 0.25) is 0 Å². The first-order chi connectivity index (χ1) is 22.4. The molecule has 5 amide bonds. The number of hydrogen-bond acceptors (Lipinski definition) is 7. The van der Waals surface area contributed by atoms with Crippen molar-refractivity contribution >= 4 is 39.4 Å². The lowest BCUT2D eigenvalue weighted by molar-refractivity contribution is -0.145. The van der Waals surface area contributed by atoms with Crippen molar-refractivity contribution in [1.29, 1.82) is 0 Å². The Bertz CT molecular complexity index is 1490. The van der Waals surface area contributed by atoms with Crippen LogP contribution in [0.3, 0.4) is 0 Å². The van der Waals surface area contributed by atoms with E-state index in [4.69, 9.17) is 5.73 Å². The van der Waals surface area contributed by atoms with E-state index in [-0.39, 0.29) is 29.9 Å². The zero-order chi connectivity index (χ0) is 37.1. The molecule has 0 spiro atoms. The molecule has 49 heavy (non-hydrogen) atoms. The van der Waals surface area contributed by atoms with Crippen molar-refractivity contribution in [3.63, 3.8) is 0 Å². The molecule has 2 fully saturated rings. The molecule has 5 atom stereocenters. The van der Waals surface area contributed by atoms with Gasteiger partial charge in [0.15, 0.2) is 9.84 Å². The first kappa shape index (κ1) is 40.0. The second-order valence-corrected chi connectivity index (χ2v) is 19.2. The van der Waals surface area contributed by atoms with Crippen LogP contribution < -0.4 is 21.7 Å². The number of benzene rings is 1. The number of Topliss-reactive ketones (excluding diaryl/α,β-unsaturated/α-hetero) is 1. The van der Waals surface area contributed by atoms with Crippen molar-refractivity contribution in [3.8, 4) is 0 Å². The Morgan fingerprint density at radius 3 is 1.94 bits per heavy atom. The molecule has 1 heterocycles. The van der Waals surface area contributed by atoms with Crippen LogP contribution in [0, 0.1) is 28.1 Å². The molecule has 0 bridgehead atoms. The van der Waals surface area contributed by atoms with Crippen molar-refractivity contribution in [1.82, 2.24) is 20.9 Å². The number of amides is 5. The van der Waals surface area contributed by atoms with E-state index in [0.29, 0.717) is 18.4 Å². The zero-order valence-electron chi connectivity index (χ0n) is 30.6. The predicted octanol–water partition coefficient (Wildman–Crippen LogP) is 3.33. The molecule has 5 N–H and O–H groups in total. The number of nitrogens with one attached hydrogen (secondary N) is 3. The summed E-state index contributed by atoms with van der Waals surface area (Å²) in [6.45, 7) is 17.1. The Kier molecular flexibility index (Phi) is 12.4. The summed E-state index contributed by atoms with van der Waals surface area (Å²) >= 11 is 0. The third-order valence-electron chi connectivity index (χ3n) is 9.59. The van der Waals surface area contributed by atoms with Crippen LogP contribution in [0.5, 0.6) is 0 Å². The summed E-state index contributed by atoms with van der Waals surface area (Å²) in [7, 11) is -3.63. The van der Waals surface area contributed by atoms with Crippen LogP contribution >= 0.6 is 0 Å². The zero-order valence-corrected chi connectivity index (χ0v) is 31.4. The van der Waals surface area contributed by atoms with Crippen molar-refractivity contribution in [2.45, 2.75) is 118 Å². The number of rotatable bonds is 13. The molecule has 2 unspecified atom stereocenters. The Morgan fingerprint density at radius 1 is 0.857 bits per heavy atom. The minimum Gasteiger partial charge on any atom is -0.363 e. The van der Waals surface area contributed by atoms with Gasteiger partial charge in [0.2, 0.25) is 17.6 Å². The number of sulfone groups is 1. The van der Waals surface area contributed by atoms with E-state index in [9.17, 15) is 32.4 Å². The highest BCUT2D eigenvalue weighted by atomic mass is 32.2. The Morgan fingerprint density at radius 2 is 1.45 bits per heavy atom. The molecule has 13 heteroatoms. The summed E-state index contributed by atoms with van der Waals surface area (Å²) in [4.78, 5) is 68.0. The fourth-order valence-corrected chi connectivity index (χ4v) is 8.32. The normalized spacial score (nSPS) is 20.6. The van der Waals surface area contributed by atoms with Crippen molar-refractivity contribution in [3.05, 3.63) is 35.9 Å². The van der Waals surface area contributed by atoms with Gasteiger partial charge in [-0.15, -0.1) is 0 Å². The van der Waals surface area contributed by atoms with E-state index >= 15 is 0 Å². The minimum absolute atomic E-state index is 0.174. The highest BCUT2D eigenvalue weighted by molar-refractivity contribution is 7.90. The summed E-state index contributed by atoms with van der Waals surface area (Å²) in [5.41, 5.74) is 4.12. The van der Waals surface area contributed by atoms with Crippen molar-refractivity contribution in [2.24, 2.45) is 33.8 Å². The molecule has 0 radical (unpaired) electrons. The molecule has 2 aliphatic rings. The molecule has 1 saturated carbocycles. The molecule has 274 valence electrons. The van der Waals surface area contributed by atoms with E-state index < -0.39 is 79.8 Å². The van der Waals surface area contributed by atoms with E-state index in [1.54, 1.807) is 45.0 Å². The van der Waals surface area contributed by atoms with E-state index in [0.717, 1.165) is 12.8 Å². The average molecular weight is 704 g/mol. The number of hydrogen-bond donors (Lipinski definition) is 4. The second kappa shape index (κ2) is 15.2. The van der Waals surface area contributed by atoms with Crippen LogP contribution in [0.1, 0.15) is 93.6 Å². The quantitative estimate of drug-likeness (QED) is 0.227. The van der Waals surface area contributed by atoms with Crippen LogP contribution in [0.25, 0.3) is 0 Å². The maximum Gasteiger partial charge on any atom is 0.315 e. The van der Waals surface area contributed by atoms with Gasteiger partial charge in [-0.2, -0.15) is 0 Å². The van der Waals surface area contributed by atoms with Crippen molar-refractivity contribution in [2.75, 3.05) is 12.3 Å². The Hall–Kier alpha value is -3.48. The first-order valence-electron chi connectivity index (χ1n) is 17.2. The molecule has 1 aromatic rings. The molecular weight excluding hydrogens is 646 g/mol. The highest BCUT2D eigenvalue weighted by Gasteiger charge is 2.50. The Labute approximate surface area is 292 Å². The Balaban J connectivity index is 1.85. The lowest BCUT2D eigenvalue weighted by Crippen LogP contribution is -2.62. The van der Waals surface area contributed by atoms with Gasteiger partial charge in [0.1, 0.15) is 12.1 Å². The summed E-state index contributed by atoms with van der Waals surface area (Å²) in [5.74, 6) is -3.55. The molecule has 0 aromatic heterocycles. The number of likely N-dealkylation sites (tertiary alicyclic amines) is 1. The van der Waals surface area contributed by atoms with E-state index in [2.05, 4.69) is 16.0 Å². The largest absolute Gasteiger partial charge is 0.363 e. The number of carbonyl (C=O) groups excluding carboxylic acids is 5. The van der Waals surface area contributed by atoms with Gasteiger partial charge in [-0.05, 0) is 46.5 Å². The topological polar surface area (TPSA) is 185 Å². The first-order valence-corrected chi connectivity index (χ1v) is 19.0. The molecule has 1 saturated heterocycles. The molecule has 12 nitrogen and oxygen atoms in total. The number of nitrogens with zero attached hydrogens (tertiary/aromatic N) is 1. The van der Waals surface area contributed by atoms with E-state index in [1.165, 1.54) is 4.90 Å². The number of primary amides is 1. The van der Waals surface area contributed by atoms with Gasteiger partial charge in [0.25, 0.3) is 5.91 Å². The SMILES string of the molecule is CC(C)(C)[C@H](NC(=O)N[C@H](CS(=O)(=O)Cc1ccccc1)C(C)(C)C)C(=O)N1CC[C@@H](C(C)(C)C)C1C(=O)NC(CC1CC1)C(=O)C(N)=O. The van der Waals surface area contributed by atoms with Gasteiger partial charge < -0.3 is 26.6 Å². The fourth-order valence-electron chi connectivity index (χ4n) is 6.41. The summed E-state index contributed by atoms with van der Waals surface area (Å²) in [6, 6.07) is 4.22. The number of nitrogens with two attached hydrogens (primary N) is 1. The summed E-state index contributed by atoms with van der Waals surface area (Å²) in [6.07, 6.45) is 2.61. The van der Waals surface area contributed by atoms with Gasteiger partial charge in [0, 0.05) is 12.6 Å². The van der Waals surface area contributed by atoms with Crippen molar-refractivity contribution < 1.29 is 32.4 Å². The third kappa shape index (κ3) is 11.3. The van der Waals surface area contributed by atoms with Crippen LogP contribution in [0.15, 0.2) is 30.3 Å². The predicted molar refractivity (Wildman–Crippen MR) is 189 cm³/mol. The lowest BCUT2D eigenvalue weighted by Gasteiger charge is -2.39. The average Bonchev–Trinajstić information content (AvgIpc) is 3.65. The molecule has 1 aromatic carbocycles. The monoisotopic (exact) mass is 703 g/mol. The molecule has 1 aliphatic heterocycles. The maximum atomic E-state index is 14.4. The smallest absolute Gasteiger partial charge is 0.315 e. The number of ketones is 1. The van der Waals surface area contributed by atoms with Crippen LogP contribution in [-0.2, 0) is 34.8 Å². The number of urea groups is 1. The van der Waals surface area contributed by atoms with Gasteiger partial charge in [-0.1, -0.05) is 105 Å². The van der Waals surface area contributed by atoms with Gasteiger partial charge in [-0.3, -0.25) is 19.2 Å². The van der Waals surface area contributed by atoms with Gasteiger partial charge in [-0.25, -0.2) is 13.2 Å². The third-order valence-corrected chi connectivity index (χ3v) is 11.2. The van der Waals surface area contributed by atoms with E-state index in [1.807, 2.05) is 47.6 Å². The fraction of sp³-hybridized carbons (Fsp3) is 0.694. The van der Waals surface area contributed by atoms with Gasteiger partial charge >= 0.3 is 6.03 Å². The molecule has 1 aliphatic carbocycles. The maximum absolute atomic E-state index is 14.4. The summed E-state index contributed by atoms with van der Waals surface area (Å²) in [5, 5.41) is 8.40.